The topological polar surface area (TPSA) is 57.6 Å². The summed E-state index contributed by atoms with van der Waals surface area (Å²) in [6.07, 6.45) is 1.52. The van der Waals surface area contributed by atoms with Gasteiger partial charge in [-0.25, -0.2) is 17.1 Å². The van der Waals surface area contributed by atoms with E-state index in [0.717, 1.165) is 6.26 Å². The molecule has 1 saturated heterocycles. The quantitative estimate of drug-likeness (QED) is 0.884. The second kappa shape index (κ2) is 5.12. The first-order valence-corrected chi connectivity index (χ1v) is 8.49. The molecule has 0 radical (unpaired) electrons. The molecule has 0 unspecified atom stereocenters. The van der Waals surface area contributed by atoms with Crippen LogP contribution in [0.15, 0.2) is 22.7 Å². The Kier molecular flexibility index (Phi) is 4.02. The highest BCUT2D eigenvalue weighted by atomic mass is 79.9. The summed E-state index contributed by atoms with van der Waals surface area (Å²) in [7, 11) is -3.25. The Labute approximate surface area is 120 Å². The van der Waals surface area contributed by atoms with Crippen LogP contribution >= 0.6 is 15.9 Å². The van der Waals surface area contributed by atoms with E-state index >= 15 is 0 Å². The third-order valence-electron chi connectivity index (χ3n) is 3.45. The van der Waals surface area contributed by atoms with Gasteiger partial charge in [0.1, 0.15) is 5.82 Å². The molecule has 19 heavy (non-hydrogen) atoms. The van der Waals surface area contributed by atoms with Gasteiger partial charge in [0.05, 0.1) is 11.9 Å². The van der Waals surface area contributed by atoms with Gasteiger partial charge in [0, 0.05) is 23.1 Å². The normalized spacial score (nSPS) is 20.4. The molecule has 7 heteroatoms. The van der Waals surface area contributed by atoms with Crippen molar-refractivity contribution in [1.82, 2.24) is 4.31 Å². The molecule has 0 saturated carbocycles. The smallest absolute Gasteiger partial charge is 0.211 e. The Morgan fingerprint density at radius 1 is 1.37 bits per heavy atom. The number of nitrogens with zero attached hydrogens (tertiary/aromatic N) is 1. The lowest BCUT2D eigenvalue weighted by atomic mass is 9.85. The molecule has 0 bridgehead atoms. The third kappa shape index (κ3) is 3.16. The number of aliphatic hydroxyl groups is 1. The minimum atomic E-state index is -3.25. The van der Waals surface area contributed by atoms with Gasteiger partial charge in [-0.3, -0.25) is 0 Å². The molecule has 0 aromatic heterocycles. The van der Waals surface area contributed by atoms with Crippen LogP contribution in [0.1, 0.15) is 18.4 Å². The molecule has 0 amide bonds. The molecular formula is C12H15BrFNO3S. The molecule has 0 spiro atoms. The molecule has 1 aromatic carbocycles. The minimum Gasteiger partial charge on any atom is -0.385 e. The van der Waals surface area contributed by atoms with Gasteiger partial charge in [0.2, 0.25) is 10.0 Å². The fraction of sp³-hybridized carbons (Fsp3) is 0.500. The summed E-state index contributed by atoms with van der Waals surface area (Å²) in [6, 6.07) is 4.51. The standard InChI is InChI=1S/C12H15BrFNO3S/c1-19(17,18)15-6-4-12(16,5-7-15)10-3-2-9(13)8-11(10)14/h2-3,8,16H,4-7H2,1H3. The first kappa shape index (κ1) is 14.9. The molecule has 106 valence electrons. The van der Waals surface area contributed by atoms with Crippen molar-refractivity contribution in [3.8, 4) is 0 Å². The van der Waals surface area contributed by atoms with Crippen LogP contribution in [-0.4, -0.2) is 37.2 Å². The highest BCUT2D eigenvalue weighted by Gasteiger charge is 2.38. The van der Waals surface area contributed by atoms with Gasteiger partial charge in [0.25, 0.3) is 0 Å². The highest BCUT2D eigenvalue weighted by molar-refractivity contribution is 9.10. The van der Waals surface area contributed by atoms with Crippen LogP contribution in [0.4, 0.5) is 4.39 Å². The van der Waals surface area contributed by atoms with Crippen LogP contribution in [0.3, 0.4) is 0 Å². The Morgan fingerprint density at radius 3 is 2.42 bits per heavy atom. The predicted molar refractivity (Wildman–Crippen MR) is 73.6 cm³/mol. The van der Waals surface area contributed by atoms with Crippen LogP contribution in [0.2, 0.25) is 0 Å². The summed E-state index contributed by atoms with van der Waals surface area (Å²) in [5, 5.41) is 10.5. The van der Waals surface area contributed by atoms with E-state index in [1.165, 1.54) is 16.4 Å². The highest BCUT2D eigenvalue weighted by Crippen LogP contribution is 2.35. The van der Waals surface area contributed by atoms with E-state index in [2.05, 4.69) is 15.9 Å². The summed E-state index contributed by atoms with van der Waals surface area (Å²) >= 11 is 3.16. The monoisotopic (exact) mass is 351 g/mol. The molecule has 2 rings (SSSR count). The lowest BCUT2D eigenvalue weighted by Crippen LogP contribution is -2.45. The van der Waals surface area contributed by atoms with Crippen molar-refractivity contribution in [3.05, 3.63) is 34.1 Å². The molecule has 1 N–H and O–H groups in total. The summed E-state index contributed by atoms with van der Waals surface area (Å²) in [4.78, 5) is 0. The summed E-state index contributed by atoms with van der Waals surface area (Å²) in [5.74, 6) is -0.482. The van der Waals surface area contributed by atoms with Crippen LogP contribution in [-0.2, 0) is 15.6 Å². The predicted octanol–water partition coefficient (Wildman–Crippen LogP) is 1.83. The van der Waals surface area contributed by atoms with Crippen LogP contribution in [0.25, 0.3) is 0 Å². The van der Waals surface area contributed by atoms with Gasteiger partial charge in [-0.15, -0.1) is 0 Å². The van der Waals surface area contributed by atoms with Crippen molar-refractivity contribution < 1.29 is 17.9 Å². The lowest BCUT2D eigenvalue weighted by Gasteiger charge is -2.37. The molecular weight excluding hydrogens is 337 g/mol. The summed E-state index contributed by atoms with van der Waals surface area (Å²) < 4.78 is 38.6. The molecule has 0 atom stereocenters. The minimum absolute atomic E-state index is 0.193. The number of sulfonamides is 1. The first-order chi connectivity index (χ1) is 8.72. The molecule has 1 aliphatic heterocycles. The van der Waals surface area contributed by atoms with E-state index in [4.69, 9.17) is 0 Å². The second-order valence-corrected chi connectivity index (χ2v) is 7.72. The number of piperidine rings is 1. The lowest BCUT2D eigenvalue weighted by molar-refractivity contribution is -0.0124. The molecule has 1 heterocycles. The number of benzene rings is 1. The zero-order valence-electron chi connectivity index (χ0n) is 10.4. The molecule has 4 nitrogen and oxygen atoms in total. The number of hydrogen-bond acceptors (Lipinski definition) is 3. The van der Waals surface area contributed by atoms with Crippen molar-refractivity contribution in [2.45, 2.75) is 18.4 Å². The van der Waals surface area contributed by atoms with Gasteiger partial charge in [-0.2, -0.15) is 0 Å². The number of rotatable bonds is 2. The van der Waals surface area contributed by atoms with Crippen molar-refractivity contribution >= 4 is 26.0 Å². The van der Waals surface area contributed by atoms with Crippen LogP contribution in [0.5, 0.6) is 0 Å². The van der Waals surface area contributed by atoms with Crippen molar-refractivity contribution in [2.24, 2.45) is 0 Å². The number of halogens is 2. The summed E-state index contributed by atoms with van der Waals surface area (Å²) in [6.45, 7) is 0.398. The molecule has 1 fully saturated rings. The van der Waals surface area contributed by atoms with E-state index in [1.54, 1.807) is 6.07 Å². The van der Waals surface area contributed by atoms with E-state index < -0.39 is 21.4 Å². The fourth-order valence-corrected chi connectivity index (χ4v) is 3.50. The van der Waals surface area contributed by atoms with E-state index in [9.17, 15) is 17.9 Å². The SMILES string of the molecule is CS(=O)(=O)N1CCC(O)(c2ccc(Br)cc2F)CC1. The first-order valence-electron chi connectivity index (χ1n) is 5.85. The molecule has 1 aromatic rings. The largest absolute Gasteiger partial charge is 0.385 e. The van der Waals surface area contributed by atoms with E-state index in [0.29, 0.717) is 4.47 Å². The Hall–Kier alpha value is -0.500. The Morgan fingerprint density at radius 2 is 1.95 bits per heavy atom. The van der Waals surface area contributed by atoms with Gasteiger partial charge in [0.15, 0.2) is 0 Å². The van der Waals surface area contributed by atoms with Gasteiger partial charge < -0.3 is 5.11 Å². The maximum atomic E-state index is 13.9. The van der Waals surface area contributed by atoms with Crippen LogP contribution < -0.4 is 0 Å². The Balaban J connectivity index is 2.22. The van der Waals surface area contributed by atoms with Crippen molar-refractivity contribution in [1.29, 1.82) is 0 Å². The fourth-order valence-electron chi connectivity index (χ4n) is 2.32. The van der Waals surface area contributed by atoms with Gasteiger partial charge in [-0.1, -0.05) is 22.0 Å². The maximum absolute atomic E-state index is 13.9. The third-order valence-corrected chi connectivity index (χ3v) is 5.25. The molecule has 1 aliphatic rings. The van der Waals surface area contributed by atoms with E-state index in [1.807, 2.05) is 0 Å². The van der Waals surface area contributed by atoms with Crippen LogP contribution in [0, 0.1) is 5.82 Å². The average molecular weight is 352 g/mol. The van der Waals surface area contributed by atoms with Crippen molar-refractivity contribution in [2.75, 3.05) is 19.3 Å². The van der Waals surface area contributed by atoms with Crippen molar-refractivity contribution in [3.63, 3.8) is 0 Å². The summed E-state index contributed by atoms with van der Waals surface area (Å²) in [5.41, 5.74) is -1.07. The Bertz CT molecular complexity index is 583. The number of hydrogen-bond donors (Lipinski definition) is 1. The second-order valence-electron chi connectivity index (χ2n) is 4.82. The van der Waals surface area contributed by atoms with Gasteiger partial charge >= 0.3 is 0 Å². The average Bonchev–Trinajstić information content (AvgIpc) is 2.27. The van der Waals surface area contributed by atoms with Gasteiger partial charge in [-0.05, 0) is 25.0 Å². The zero-order valence-corrected chi connectivity index (χ0v) is 12.8. The zero-order chi connectivity index (χ0) is 14.3. The maximum Gasteiger partial charge on any atom is 0.211 e. The molecule has 0 aliphatic carbocycles. The van der Waals surface area contributed by atoms with E-state index in [-0.39, 0.29) is 31.5 Å².